The number of piperidine rings is 1. The van der Waals surface area contributed by atoms with Gasteiger partial charge in [0, 0.05) is 18.0 Å². The lowest BCUT2D eigenvalue weighted by molar-refractivity contribution is 0.0674. The van der Waals surface area contributed by atoms with Gasteiger partial charge in [0.25, 0.3) is 5.91 Å². The van der Waals surface area contributed by atoms with Gasteiger partial charge in [0.1, 0.15) is 0 Å². The number of thiophene rings is 1. The minimum Gasteiger partial charge on any atom is -0.338 e. The Morgan fingerprint density at radius 1 is 1.33 bits per heavy atom. The fourth-order valence-electron chi connectivity index (χ4n) is 3.47. The van der Waals surface area contributed by atoms with Crippen LogP contribution >= 0.6 is 23.7 Å². The van der Waals surface area contributed by atoms with Gasteiger partial charge in [-0.05, 0) is 69.0 Å². The van der Waals surface area contributed by atoms with Gasteiger partial charge in [0.2, 0.25) is 0 Å². The molecule has 1 fully saturated rings. The molecule has 1 aromatic rings. The zero-order valence-electron chi connectivity index (χ0n) is 12.5. The van der Waals surface area contributed by atoms with Gasteiger partial charge < -0.3 is 10.6 Å². The van der Waals surface area contributed by atoms with E-state index in [9.17, 15) is 4.79 Å². The number of amides is 1. The Morgan fingerprint density at radius 3 is 2.90 bits per heavy atom. The first-order valence-corrected chi connectivity index (χ1v) is 8.70. The van der Waals surface area contributed by atoms with Crippen molar-refractivity contribution in [2.24, 2.45) is 11.7 Å². The van der Waals surface area contributed by atoms with Crippen molar-refractivity contribution in [1.82, 2.24) is 4.90 Å². The molecule has 1 aliphatic carbocycles. The summed E-state index contributed by atoms with van der Waals surface area (Å²) >= 11 is 1.74. The van der Waals surface area contributed by atoms with Gasteiger partial charge in [-0.15, -0.1) is 23.7 Å². The van der Waals surface area contributed by atoms with Crippen molar-refractivity contribution < 1.29 is 4.79 Å². The first-order chi connectivity index (χ1) is 9.78. The summed E-state index contributed by atoms with van der Waals surface area (Å²) < 4.78 is 0. The topological polar surface area (TPSA) is 46.3 Å². The van der Waals surface area contributed by atoms with E-state index in [0.29, 0.717) is 5.92 Å². The Balaban J connectivity index is 0.00000161. The van der Waals surface area contributed by atoms with Crippen molar-refractivity contribution in [2.45, 2.75) is 44.9 Å². The lowest BCUT2D eigenvalue weighted by Gasteiger charge is -2.32. The summed E-state index contributed by atoms with van der Waals surface area (Å²) in [5.74, 6) is 0.860. The van der Waals surface area contributed by atoms with Crippen LogP contribution in [0.1, 0.15) is 52.2 Å². The minimum atomic E-state index is 0. The van der Waals surface area contributed by atoms with Crippen LogP contribution in [0.3, 0.4) is 0 Å². The van der Waals surface area contributed by atoms with Crippen LogP contribution in [0.4, 0.5) is 0 Å². The summed E-state index contributed by atoms with van der Waals surface area (Å²) in [4.78, 5) is 17.1. The van der Waals surface area contributed by atoms with Crippen LogP contribution in [0.2, 0.25) is 0 Å². The van der Waals surface area contributed by atoms with E-state index < -0.39 is 0 Å². The van der Waals surface area contributed by atoms with Crippen LogP contribution in [-0.2, 0) is 12.8 Å². The molecule has 0 aromatic carbocycles. The molecule has 21 heavy (non-hydrogen) atoms. The molecule has 1 saturated heterocycles. The van der Waals surface area contributed by atoms with Crippen molar-refractivity contribution in [3.05, 3.63) is 21.4 Å². The molecule has 5 heteroatoms. The highest BCUT2D eigenvalue weighted by Gasteiger charge is 2.26. The van der Waals surface area contributed by atoms with E-state index in [4.69, 9.17) is 5.73 Å². The van der Waals surface area contributed by atoms with E-state index in [-0.39, 0.29) is 18.3 Å². The van der Waals surface area contributed by atoms with Gasteiger partial charge in [0.05, 0.1) is 4.88 Å². The Kier molecular flexibility index (Phi) is 6.08. The van der Waals surface area contributed by atoms with Gasteiger partial charge >= 0.3 is 0 Å². The molecule has 0 spiro atoms. The molecule has 1 aromatic heterocycles. The van der Waals surface area contributed by atoms with Gasteiger partial charge in [-0.1, -0.05) is 0 Å². The maximum Gasteiger partial charge on any atom is 0.263 e. The molecular weight excluding hydrogens is 304 g/mol. The van der Waals surface area contributed by atoms with Crippen LogP contribution in [-0.4, -0.2) is 30.4 Å². The highest BCUT2D eigenvalue weighted by atomic mass is 35.5. The quantitative estimate of drug-likeness (QED) is 0.925. The van der Waals surface area contributed by atoms with Crippen molar-refractivity contribution in [3.8, 4) is 0 Å². The molecule has 1 atom stereocenters. The zero-order valence-corrected chi connectivity index (χ0v) is 14.1. The number of carbonyl (C=O) groups excluding carboxylic acids is 1. The second-order valence-corrected chi connectivity index (χ2v) is 7.24. The third kappa shape index (κ3) is 3.79. The third-order valence-corrected chi connectivity index (χ3v) is 5.81. The summed E-state index contributed by atoms with van der Waals surface area (Å²) in [5, 5.41) is 0. The Bertz CT molecular complexity index is 463. The Morgan fingerprint density at radius 2 is 2.14 bits per heavy atom. The first kappa shape index (κ1) is 16.8. The molecule has 3 nitrogen and oxygen atoms in total. The lowest BCUT2D eigenvalue weighted by Crippen LogP contribution is -2.40. The fourth-order valence-corrected chi connectivity index (χ4v) is 4.69. The maximum atomic E-state index is 12.7. The maximum absolute atomic E-state index is 12.7. The van der Waals surface area contributed by atoms with Gasteiger partial charge in [-0.3, -0.25) is 4.79 Å². The largest absolute Gasteiger partial charge is 0.338 e. The molecule has 2 heterocycles. The summed E-state index contributed by atoms with van der Waals surface area (Å²) in [6, 6.07) is 2.16. The third-order valence-electron chi connectivity index (χ3n) is 4.59. The minimum absolute atomic E-state index is 0. The van der Waals surface area contributed by atoms with Gasteiger partial charge in [0.15, 0.2) is 0 Å². The van der Waals surface area contributed by atoms with Crippen LogP contribution in [0.15, 0.2) is 6.07 Å². The highest BCUT2D eigenvalue weighted by Crippen LogP contribution is 2.31. The molecular formula is C16H25ClN2OS. The van der Waals surface area contributed by atoms with Crippen LogP contribution < -0.4 is 5.73 Å². The van der Waals surface area contributed by atoms with Gasteiger partial charge in [-0.2, -0.15) is 0 Å². The van der Waals surface area contributed by atoms with Crippen LogP contribution in [0, 0.1) is 5.92 Å². The van der Waals surface area contributed by atoms with Crippen molar-refractivity contribution in [2.75, 3.05) is 19.6 Å². The number of halogens is 1. The molecule has 2 aliphatic rings. The van der Waals surface area contributed by atoms with Crippen LogP contribution in [0.5, 0.6) is 0 Å². The van der Waals surface area contributed by atoms with Gasteiger partial charge in [-0.25, -0.2) is 0 Å². The number of rotatable bonds is 3. The summed E-state index contributed by atoms with van der Waals surface area (Å²) in [6.45, 7) is 2.56. The molecule has 1 unspecified atom stereocenters. The number of nitrogens with zero attached hydrogens (tertiary/aromatic N) is 1. The molecule has 0 radical (unpaired) electrons. The normalized spacial score (nSPS) is 21.6. The standard InChI is InChI=1S/C16H24N2OS.ClH/c17-8-7-12-4-3-9-18(11-12)16(19)15-10-13-5-1-2-6-14(13)20-15;/h10,12H,1-9,11,17H2;1H. The predicted molar refractivity (Wildman–Crippen MR) is 90.5 cm³/mol. The number of hydrogen-bond acceptors (Lipinski definition) is 3. The molecule has 1 amide bonds. The first-order valence-electron chi connectivity index (χ1n) is 7.89. The average molecular weight is 329 g/mol. The fraction of sp³-hybridized carbons (Fsp3) is 0.688. The molecule has 118 valence electrons. The second kappa shape index (κ2) is 7.61. The van der Waals surface area contributed by atoms with Crippen molar-refractivity contribution in [1.29, 1.82) is 0 Å². The van der Waals surface area contributed by atoms with E-state index >= 15 is 0 Å². The Hall–Kier alpha value is -0.580. The Labute approximate surface area is 137 Å². The second-order valence-electron chi connectivity index (χ2n) is 6.10. The van der Waals surface area contributed by atoms with E-state index in [1.807, 2.05) is 0 Å². The lowest BCUT2D eigenvalue weighted by atomic mass is 9.94. The average Bonchev–Trinajstić information content (AvgIpc) is 2.91. The van der Waals surface area contributed by atoms with Crippen molar-refractivity contribution in [3.63, 3.8) is 0 Å². The highest BCUT2D eigenvalue weighted by molar-refractivity contribution is 7.14. The number of nitrogens with two attached hydrogens (primary N) is 1. The van der Waals surface area contributed by atoms with E-state index in [2.05, 4.69) is 11.0 Å². The van der Waals surface area contributed by atoms with E-state index in [0.717, 1.165) is 43.8 Å². The monoisotopic (exact) mass is 328 g/mol. The van der Waals surface area contributed by atoms with E-state index in [1.165, 1.54) is 36.1 Å². The number of fused-ring (bicyclic) bond motifs is 1. The molecule has 1 aliphatic heterocycles. The predicted octanol–water partition coefficient (Wildman–Crippen LogP) is 3.25. The molecule has 0 bridgehead atoms. The van der Waals surface area contributed by atoms with Crippen molar-refractivity contribution >= 4 is 29.7 Å². The number of aryl methyl sites for hydroxylation is 2. The summed E-state index contributed by atoms with van der Waals surface area (Å²) in [6.07, 6.45) is 8.29. The summed E-state index contributed by atoms with van der Waals surface area (Å²) in [5.41, 5.74) is 7.09. The number of carbonyl (C=O) groups is 1. The smallest absolute Gasteiger partial charge is 0.263 e. The molecule has 0 saturated carbocycles. The van der Waals surface area contributed by atoms with E-state index in [1.54, 1.807) is 11.3 Å². The van der Waals surface area contributed by atoms with Crippen LogP contribution in [0.25, 0.3) is 0 Å². The summed E-state index contributed by atoms with van der Waals surface area (Å²) in [7, 11) is 0. The molecule has 2 N–H and O–H groups in total. The SMILES string of the molecule is Cl.NCCC1CCCN(C(=O)c2cc3c(s2)CCCC3)C1. The number of hydrogen-bond donors (Lipinski definition) is 1. The zero-order chi connectivity index (χ0) is 13.9. The number of likely N-dealkylation sites (tertiary alicyclic amines) is 1. The molecule has 3 rings (SSSR count).